The lowest BCUT2D eigenvalue weighted by atomic mass is 9.81. The molecule has 1 saturated carbocycles. The van der Waals surface area contributed by atoms with E-state index in [9.17, 15) is 4.39 Å². The van der Waals surface area contributed by atoms with E-state index in [4.69, 9.17) is 17.3 Å². The van der Waals surface area contributed by atoms with E-state index in [2.05, 4.69) is 0 Å². The fourth-order valence-electron chi connectivity index (χ4n) is 2.53. The van der Waals surface area contributed by atoms with Crippen LogP contribution in [-0.4, -0.2) is 0 Å². The van der Waals surface area contributed by atoms with Crippen LogP contribution in [0.1, 0.15) is 43.7 Å². The number of hydrogen-bond donors (Lipinski definition) is 1. The van der Waals surface area contributed by atoms with Gasteiger partial charge in [-0.3, -0.25) is 0 Å². The smallest absolute Gasteiger partial charge is 0.125 e. The summed E-state index contributed by atoms with van der Waals surface area (Å²) in [6.07, 6.45) is 6.07. The maximum Gasteiger partial charge on any atom is 0.125 e. The van der Waals surface area contributed by atoms with Gasteiger partial charge in [0.15, 0.2) is 0 Å². The van der Waals surface area contributed by atoms with Crippen LogP contribution in [0.25, 0.3) is 0 Å². The van der Waals surface area contributed by atoms with Crippen molar-refractivity contribution in [2.75, 3.05) is 0 Å². The molecule has 1 aliphatic carbocycles. The minimum atomic E-state index is -0.297. The predicted molar refractivity (Wildman–Crippen MR) is 72.2 cm³/mol. The van der Waals surface area contributed by atoms with Gasteiger partial charge in [0.1, 0.15) is 5.82 Å². The highest BCUT2D eigenvalue weighted by Crippen LogP contribution is 2.33. The van der Waals surface area contributed by atoms with E-state index in [0.717, 1.165) is 18.4 Å². The summed E-state index contributed by atoms with van der Waals surface area (Å²) < 4.78 is 13.2. The van der Waals surface area contributed by atoms with E-state index >= 15 is 0 Å². The Hall–Kier alpha value is -0.310. The van der Waals surface area contributed by atoms with Crippen LogP contribution in [0.15, 0.2) is 18.2 Å². The SMILES string of the molecule is Cl.N[C@H](c1cc(F)cc(Cl)c1)C1CCCCC1. The number of halogens is 3. The monoisotopic (exact) mass is 277 g/mol. The van der Waals surface area contributed by atoms with Crippen LogP contribution in [-0.2, 0) is 0 Å². The molecule has 1 nitrogen and oxygen atoms in total. The Labute approximate surface area is 113 Å². The molecule has 0 radical (unpaired) electrons. The highest BCUT2D eigenvalue weighted by Gasteiger charge is 2.22. The van der Waals surface area contributed by atoms with Crippen LogP contribution < -0.4 is 5.73 Å². The van der Waals surface area contributed by atoms with Crippen molar-refractivity contribution < 1.29 is 4.39 Å². The Balaban J connectivity index is 0.00000144. The minimum Gasteiger partial charge on any atom is -0.324 e. The van der Waals surface area contributed by atoms with Gasteiger partial charge in [-0.15, -0.1) is 12.4 Å². The Morgan fingerprint density at radius 2 is 1.82 bits per heavy atom. The topological polar surface area (TPSA) is 26.0 Å². The third-order valence-corrected chi connectivity index (χ3v) is 3.65. The molecule has 0 aromatic heterocycles. The van der Waals surface area contributed by atoms with Crippen molar-refractivity contribution >= 4 is 24.0 Å². The lowest BCUT2D eigenvalue weighted by molar-refractivity contribution is 0.308. The third-order valence-electron chi connectivity index (χ3n) is 3.43. The molecule has 2 N–H and O–H groups in total. The van der Waals surface area contributed by atoms with Gasteiger partial charge in [-0.1, -0.05) is 30.9 Å². The number of benzene rings is 1. The zero-order valence-electron chi connectivity index (χ0n) is 9.66. The molecule has 1 aromatic carbocycles. The van der Waals surface area contributed by atoms with Gasteiger partial charge in [0.2, 0.25) is 0 Å². The lowest BCUT2D eigenvalue weighted by Crippen LogP contribution is -2.23. The van der Waals surface area contributed by atoms with Crippen molar-refractivity contribution in [2.45, 2.75) is 38.1 Å². The first-order valence-corrected chi connectivity index (χ1v) is 6.26. The van der Waals surface area contributed by atoms with E-state index in [1.807, 2.05) is 0 Å². The average Bonchev–Trinajstić information content (AvgIpc) is 2.28. The van der Waals surface area contributed by atoms with Crippen LogP contribution in [0.5, 0.6) is 0 Å². The van der Waals surface area contributed by atoms with Gasteiger partial charge < -0.3 is 5.73 Å². The summed E-state index contributed by atoms with van der Waals surface area (Å²) in [5.41, 5.74) is 7.01. The predicted octanol–water partition coefficient (Wildman–Crippen LogP) is 4.48. The van der Waals surface area contributed by atoms with E-state index in [1.54, 1.807) is 6.07 Å². The quantitative estimate of drug-likeness (QED) is 0.848. The first kappa shape index (κ1) is 14.7. The summed E-state index contributed by atoms with van der Waals surface area (Å²) in [4.78, 5) is 0. The van der Waals surface area contributed by atoms with Crippen molar-refractivity contribution in [3.8, 4) is 0 Å². The molecule has 2 rings (SSSR count). The Morgan fingerprint density at radius 1 is 1.18 bits per heavy atom. The highest BCUT2D eigenvalue weighted by atomic mass is 35.5. The number of rotatable bonds is 2. The van der Waals surface area contributed by atoms with Crippen molar-refractivity contribution in [1.29, 1.82) is 0 Å². The molecule has 0 aliphatic heterocycles. The second-order valence-electron chi connectivity index (χ2n) is 4.63. The summed E-state index contributed by atoms with van der Waals surface area (Å²) >= 11 is 5.84. The Bertz CT molecular complexity index is 344. The zero-order valence-corrected chi connectivity index (χ0v) is 11.2. The molecule has 1 aliphatic rings. The van der Waals surface area contributed by atoms with Gasteiger partial charge in [-0.25, -0.2) is 4.39 Å². The van der Waals surface area contributed by atoms with Crippen LogP contribution in [0.2, 0.25) is 5.02 Å². The minimum absolute atomic E-state index is 0. The molecular weight excluding hydrogens is 260 g/mol. The standard InChI is InChI=1S/C13H17ClFN.ClH/c14-11-6-10(7-12(15)8-11)13(16)9-4-2-1-3-5-9;/h6-9,13H,1-5,16H2;1H/t13-;/m0./s1. The third kappa shape index (κ3) is 3.84. The highest BCUT2D eigenvalue weighted by molar-refractivity contribution is 6.30. The average molecular weight is 278 g/mol. The normalized spacial score (nSPS) is 18.5. The van der Waals surface area contributed by atoms with E-state index in [-0.39, 0.29) is 24.3 Å². The molecule has 1 fully saturated rings. The van der Waals surface area contributed by atoms with E-state index in [1.165, 1.54) is 31.4 Å². The summed E-state index contributed by atoms with van der Waals surface area (Å²) in [7, 11) is 0. The molecule has 0 amide bonds. The fraction of sp³-hybridized carbons (Fsp3) is 0.538. The molecule has 0 unspecified atom stereocenters. The molecular formula is C13H18Cl2FN. The van der Waals surface area contributed by atoms with Crippen molar-refractivity contribution in [3.63, 3.8) is 0 Å². The second kappa shape index (κ2) is 6.58. The molecule has 96 valence electrons. The van der Waals surface area contributed by atoms with Crippen molar-refractivity contribution in [3.05, 3.63) is 34.6 Å². The number of hydrogen-bond acceptors (Lipinski definition) is 1. The molecule has 1 aromatic rings. The summed E-state index contributed by atoms with van der Waals surface area (Å²) in [6.45, 7) is 0. The first-order chi connectivity index (χ1) is 7.66. The lowest BCUT2D eigenvalue weighted by Gasteiger charge is -2.27. The summed E-state index contributed by atoms with van der Waals surface area (Å²) in [5, 5.41) is 0.432. The molecule has 17 heavy (non-hydrogen) atoms. The maximum absolute atomic E-state index is 13.2. The van der Waals surface area contributed by atoms with Crippen LogP contribution in [0.4, 0.5) is 4.39 Å². The van der Waals surface area contributed by atoms with Gasteiger partial charge in [-0.2, -0.15) is 0 Å². The fourth-order valence-corrected chi connectivity index (χ4v) is 2.76. The molecule has 4 heteroatoms. The van der Waals surface area contributed by atoms with Gasteiger partial charge >= 0.3 is 0 Å². The summed E-state index contributed by atoms with van der Waals surface area (Å²) in [5.74, 6) is 0.181. The van der Waals surface area contributed by atoms with Gasteiger partial charge in [0, 0.05) is 11.1 Å². The second-order valence-corrected chi connectivity index (χ2v) is 5.06. The van der Waals surface area contributed by atoms with Crippen LogP contribution in [0.3, 0.4) is 0 Å². The Morgan fingerprint density at radius 3 is 2.41 bits per heavy atom. The van der Waals surface area contributed by atoms with Gasteiger partial charge in [0.25, 0.3) is 0 Å². The zero-order chi connectivity index (χ0) is 11.5. The van der Waals surface area contributed by atoms with Crippen molar-refractivity contribution in [1.82, 2.24) is 0 Å². The molecule has 1 atom stereocenters. The van der Waals surface area contributed by atoms with Crippen molar-refractivity contribution in [2.24, 2.45) is 11.7 Å². The maximum atomic E-state index is 13.2. The molecule has 0 heterocycles. The summed E-state index contributed by atoms with van der Waals surface area (Å²) in [6, 6.07) is 4.53. The van der Waals surface area contributed by atoms with Gasteiger partial charge in [0.05, 0.1) is 0 Å². The Kier molecular flexibility index (Phi) is 5.71. The molecule has 0 saturated heterocycles. The van der Waals surface area contributed by atoms with E-state index in [0.29, 0.717) is 10.9 Å². The van der Waals surface area contributed by atoms with Crippen LogP contribution in [0, 0.1) is 11.7 Å². The molecule has 0 spiro atoms. The largest absolute Gasteiger partial charge is 0.324 e. The molecule has 0 bridgehead atoms. The van der Waals surface area contributed by atoms with Gasteiger partial charge in [-0.05, 0) is 42.5 Å². The van der Waals surface area contributed by atoms with Crippen LogP contribution >= 0.6 is 24.0 Å². The number of nitrogens with two attached hydrogens (primary N) is 1. The van der Waals surface area contributed by atoms with E-state index < -0.39 is 0 Å². The first-order valence-electron chi connectivity index (χ1n) is 5.88.